The van der Waals surface area contributed by atoms with Crippen molar-refractivity contribution in [2.45, 2.75) is 45.6 Å². The Kier molecular flexibility index (Phi) is 3.35. The maximum absolute atomic E-state index is 11.0. The van der Waals surface area contributed by atoms with E-state index in [-0.39, 0.29) is 5.41 Å². The van der Waals surface area contributed by atoms with Gasteiger partial charge in [0.05, 0.1) is 0 Å². The van der Waals surface area contributed by atoms with Gasteiger partial charge in [0.2, 0.25) is 0 Å². The van der Waals surface area contributed by atoms with Gasteiger partial charge in [-0.15, -0.1) is 0 Å². The van der Waals surface area contributed by atoms with Gasteiger partial charge in [0, 0.05) is 0 Å². The molecule has 1 rings (SSSR count). The minimum Gasteiger partial charge on any atom is -0.479 e. The maximum atomic E-state index is 11.0. The molecule has 0 aliphatic rings. The summed E-state index contributed by atoms with van der Waals surface area (Å²) in [5.41, 5.74) is 0.543. The van der Waals surface area contributed by atoms with E-state index in [0.717, 1.165) is 11.1 Å². The van der Waals surface area contributed by atoms with Crippen LogP contribution < -0.4 is 0 Å². The molecule has 1 aromatic carbocycles. The van der Waals surface area contributed by atoms with Crippen LogP contribution in [0.15, 0.2) is 18.2 Å². The Morgan fingerprint density at radius 2 is 1.71 bits per heavy atom. The first-order valence-electron chi connectivity index (χ1n) is 5.64. The molecule has 0 fully saturated rings. The van der Waals surface area contributed by atoms with Crippen molar-refractivity contribution in [3.05, 3.63) is 34.9 Å². The third-order valence-electron chi connectivity index (χ3n) is 3.03. The monoisotopic (exact) mass is 236 g/mol. The Labute approximate surface area is 102 Å². The normalized spacial score (nSPS) is 15.4. The number of benzene rings is 1. The van der Waals surface area contributed by atoms with Gasteiger partial charge in [-0.05, 0) is 36.0 Å². The topological polar surface area (TPSA) is 57.5 Å². The zero-order valence-corrected chi connectivity index (χ0v) is 11.0. The van der Waals surface area contributed by atoms with Gasteiger partial charge in [0.15, 0.2) is 5.60 Å². The van der Waals surface area contributed by atoms with Gasteiger partial charge >= 0.3 is 5.97 Å². The van der Waals surface area contributed by atoms with E-state index in [1.165, 1.54) is 6.92 Å². The second-order valence-corrected chi connectivity index (χ2v) is 5.66. The third-order valence-corrected chi connectivity index (χ3v) is 3.03. The van der Waals surface area contributed by atoms with Gasteiger partial charge in [-0.3, -0.25) is 0 Å². The van der Waals surface area contributed by atoms with Crippen LogP contribution in [0.2, 0.25) is 0 Å². The van der Waals surface area contributed by atoms with Crippen molar-refractivity contribution in [1.29, 1.82) is 0 Å². The smallest absolute Gasteiger partial charge is 0.340 e. The van der Waals surface area contributed by atoms with E-state index >= 15 is 0 Å². The number of carboxylic acids is 1. The molecule has 0 saturated carbocycles. The van der Waals surface area contributed by atoms with E-state index in [1.54, 1.807) is 6.07 Å². The van der Waals surface area contributed by atoms with Gasteiger partial charge in [-0.1, -0.05) is 39.0 Å². The highest BCUT2D eigenvalue weighted by Gasteiger charge is 2.33. The molecule has 0 aromatic heterocycles. The molecule has 17 heavy (non-hydrogen) atoms. The molecule has 2 N–H and O–H groups in total. The second kappa shape index (κ2) is 4.15. The quantitative estimate of drug-likeness (QED) is 0.829. The highest BCUT2D eigenvalue weighted by atomic mass is 16.4. The van der Waals surface area contributed by atoms with E-state index in [4.69, 9.17) is 5.11 Å². The van der Waals surface area contributed by atoms with E-state index in [1.807, 2.05) is 19.1 Å². The van der Waals surface area contributed by atoms with Gasteiger partial charge in [-0.25, -0.2) is 4.79 Å². The number of aryl methyl sites for hydroxylation is 1. The molecular formula is C14H20O3. The molecule has 1 atom stereocenters. The van der Waals surface area contributed by atoms with Gasteiger partial charge in [0.1, 0.15) is 0 Å². The molecule has 0 spiro atoms. The van der Waals surface area contributed by atoms with Crippen LogP contribution in [0.5, 0.6) is 0 Å². The van der Waals surface area contributed by atoms with Crippen LogP contribution in [-0.2, 0) is 15.8 Å². The van der Waals surface area contributed by atoms with Crippen LogP contribution in [0.25, 0.3) is 0 Å². The zero-order valence-electron chi connectivity index (χ0n) is 11.0. The van der Waals surface area contributed by atoms with Crippen molar-refractivity contribution in [1.82, 2.24) is 0 Å². The molecule has 0 aliphatic heterocycles. The number of hydrogen-bond donors (Lipinski definition) is 2. The highest BCUT2D eigenvalue weighted by Crippen LogP contribution is 2.29. The Bertz CT molecular complexity index is 439. The fourth-order valence-corrected chi connectivity index (χ4v) is 1.79. The predicted molar refractivity (Wildman–Crippen MR) is 67.1 cm³/mol. The minimum absolute atomic E-state index is 0.0123. The molecule has 1 unspecified atom stereocenters. The van der Waals surface area contributed by atoms with E-state index in [9.17, 15) is 9.90 Å². The standard InChI is InChI=1S/C14H20O3/c1-9-8-10(13(2,3)4)6-7-11(9)14(5,17)12(15)16/h6-8,17H,1-5H3,(H,15,16). The lowest BCUT2D eigenvalue weighted by atomic mass is 9.83. The summed E-state index contributed by atoms with van der Waals surface area (Å²) in [5.74, 6) is -1.23. The molecule has 0 bridgehead atoms. The van der Waals surface area contributed by atoms with Crippen LogP contribution in [0.4, 0.5) is 0 Å². The van der Waals surface area contributed by atoms with E-state index in [2.05, 4.69) is 20.8 Å². The number of aliphatic hydroxyl groups is 1. The number of carbonyl (C=O) groups is 1. The predicted octanol–water partition coefficient (Wildman–Crippen LogP) is 2.58. The fraction of sp³-hybridized carbons (Fsp3) is 0.500. The molecule has 0 aliphatic carbocycles. The lowest BCUT2D eigenvalue weighted by molar-refractivity contribution is -0.157. The first-order chi connectivity index (χ1) is 7.56. The summed E-state index contributed by atoms with van der Waals surface area (Å²) in [4.78, 5) is 11.0. The van der Waals surface area contributed by atoms with Crippen LogP contribution in [0, 0.1) is 6.92 Å². The van der Waals surface area contributed by atoms with Crippen LogP contribution in [0.1, 0.15) is 44.4 Å². The number of aliphatic carboxylic acids is 1. The fourth-order valence-electron chi connectivity index (χ4n) is 1.79. The van der Waals surface area contributed by atoms with Gasteiger partial charge in [-0.2, -0.15) is 0 Å². The van der Waals surface area contributed by atoms with Crippen LogP contribution in [-0.4, -0.2) is 16.2 Å². The maximum Gasteiger partial charge on any atom is 0.340 e. The number of hydrogen-bond acceptors (Lipinski definition) is 2. The molecule has 0 radical (unpaired) electrons. The summed E-state index contributed by atoms with van der Waals surface area (Å²) in [7, 11) is 0. The lowest BCUT2D eigenvalue weighted by Crippen LogP contribution is -2.32. The zero-order chi connectivity index (χ0) is 13.4. The SMILES string of the molecule is Cc1cc(C(C)(C)C)ccc1C(C)(O)C(=O)O. The Hall–Kier alpha value is -1.35. The summed E-state index contributed by atoms with van der Waals surface area (Å²) < 4.78 is 0. The Morgan fingerprint density at radius 3 is 2.06 bits per heavy atom. The van der Waals surface area contributed by atoms with Gasteiger partial charge in [0.25, 0.3) is 0 Å². The molecule has 94 valence electrons. The summed E-state index contributed by atoms with van der Waals surface area (Å²) >= 11 is 0. The largest absolute Gasteiger partial charge is 0.479 e. The Morgan fingerprint density at radius 1 is 1.18 bits per heavy atom. The third kappa shape index (κ3) is 2.67. The van der Waals surface area contributed by atoms with Crippen molar-refractivity contribution in [3.8, 4) is 0 Å². The van der Waals surface area contributed by atoms with Crippen molar-refractivity contribution in [3.63, 3.8) is 0 Å². The van der Waals surface area contributed by atoms with Crippen molar-refractivity contribution >= 4 is 5.97 Å². The average Bonchev–Trinajstić information content (AvgIpc) is 2.15. The van der Waals surface area contributed by atoms with Crippen molar-refractivity contribution in [2.24, 2.45) is 0 Å². The number of carboxylic acid groups (broad SMARTS) is 1. The van der Waals surface area contributed by atoms with E-state index in [0.29, 0.717) is 5.56 Å². The summed E-state index contributed by atoms with van der Waals surface area (Å²) in [5, 5.41) is 18.9. The average molecular weight is 236 g/mol. The van der Waals surface area contributed by atoms with Gasteiger partial charge < -0.3 is 10.2 Å². The first kappa shape index (κ1) is 13.7. The van der Waals surface area contributed by atoms with E-state index < -0.39 is 11.6 Å². The van der Waals surface area contributed by atoms with Crippen molar-refractivity contribution < 1.29 is 15.0 Å². The molecule has 0 saturated heterocycles. The first-order valence-corrected chi connectivity index (χ1v) is 5.64. The summed E-state index contributed by atoms with van der Waals surface area (Å²) in [6.07, 6.45) is 0. The molecule has 0 heterocycles. The molecule has 0 amide bonds. The molecule has 3 nitrogen and oxygen atoms in total. The van der Waals surface area contributed by atoms with Crippen molar-refractivity contribution in [2.75, 3.05) is 0 Å². The molecule has 1 aromatic rings. The number of rotatable bonds is 2. The lowest BCUT2D eigenvalue weighted by Gasteiger charge is -2.24. The summed E-state index contributed by atoms with van der Waals surface area (Å²) in [6.45, 7) is 9.40. The highest BCUT2D eigenvalue weighted by molar-refractivity contribution is 5.79. The molecule has 3 heteroatoms. The van der Waals surface area contributed by atoms with Crippen LogP contribution >= 0.6 is 0 Å². The Balaban J connectivity index is 3.29. The molecular weight excluding hydrogens is 216 g/mol. The second-order valence-electron chi connectivity index (χ2n) is 5.66. The van der Waals surface area contributed by atoms with Crippen LogP contribution in [0.3, 0.4) is 0 Å². The summed E-state index contributed by atoms with van der Waals surface area (Å²) in [6, 6.07) is 5.51. The minimum atomic E-state index is -1.83.